The van der Waals surface area contributed by atoms with Crippen LogP contribution in [0.4, 0.5) is 5.82 Å². The molecule has 4 rings (SSSR count). The molecule has 0 aliphatic rings. The minimum Gasteiger partial charge on any atom is -0.308 e. The van der Waals surface area contributed by atoms with Crippen molar-refractivity contribution < 1.29 is 4.79 Å². The van der Waals surface area contributed by atoms with Gasteiger partial charge < -0.3 is 10.6 Å². The summed E-state index contributed by atoms with van der Waals surface area (Å²) in [5, 5.41) is 13.4. The molecule has 0 fully saturated rings. The minimum atomic E-state index is -0.402. The quantitative estimate of drug-likeness (QED) is 0.419. The zero-order chi connectivity index (χ0) is 19.9. The summed E-state index contributed by atoms with van der Waals surface area (Å²) >= 11 is 1.56. The molecule has 1 amide bonds. The molecule has 3 N–H and O–H groups in total. The molecule has 0 aliphatic heterocycles. The predicted molar refractivity (Wildman–Crippen MR) is 113 cm³/mol. The fourth-order valence-corrected chi connectivity index (χ4v) is 3.48. The van der Waals surface area contributed by atoms with E-state index in [1.54, 1.807) is 29.2 Å². The lowest BCUT2D eigenvalue weighted by molar-refractivity contribution is -0.118. The topological polar surface area (TPSA) is 95.6 Å². The van der Waals surface area contributed by atoms with E-state index in [4.69, 9.17) is 0 Å². The fraction of sp³-hybridized carbons (Fsp3) is 0.143. The molecule has 0 aliphatic carbocycles. The number of benzene rings is 1. The standard InChI is InChI=1S/C21H20N6OS/c28-21(25-20-11-18(26-27-20)16-6-8-22-9-7-16)19(10-15-4-2-1-3-5-15)24-13-17-12-23-14-29-17/h1-9,11-12,14,19,24H,10,13H2,(H2,25,26,27,28)/t19-/m0/s1. The van der Waals surface area contributed by atoms with E-state index in [2.05, 4.69) is 30.8 Å². The van der Waals surface area contributed by atoms with Gasteiger partial charge in [-0.2, -0.15) is 5.10 Å². The molecular formula is C21H20N6OS. The summed E-state index contributed by atoms with van der Waals surface area (Å²) in [6.07, 6.45) is 5.82. The van der Waals surface area contributed by atoms with Gasteiger partial charge in [0.25, 0.3) is 0 Å². The van der Waals surface area contributed by atoms with Gasteiger partial charge in [-0.05, 0) is 24.1 Å². The second-order valence-electron chi connectivity index (χ2n) is 6.48. The summed E-state index contributed by atoms with van der Waals surface area (Å²) in [5.74, 6) is 0.352. The molecule has 7 nitrogen and oxygen atoms in total. The molecule has 3 aromatic heterocycles. The zero-order valence-corrected chi connectivity index (χ0v) is 16.4. The largest absolute Gasteiger partial charge is 0.308 e. The van der Waals surface area contributed by atoms with Gasteiger partial charge in [-0.25, -0.2) is 0 Å². The van der Waals surface area contributed by atoms with Crippen molar-refractivity contribution in [3.63, 3.8) is 0 Å². The summed E-state index contributed by atoms with van der Waals surface area (Å²) in [7, 11) is 0. The molecule has 0 bridgehead atoms. The number of aromatic nitrogens is 4. The Kier molecular flexibility index (Phi) is 6.04. The molecule has 3 heterocycles. The lowest BCUT2D eigenvalue weighted by Crippen LogP contribution is -2.41. The van der Waals surface area contributed by atoms with Crippen molar-refractivity contribution in [3.8, 4) is 11.3 Å². The molecule has 1 atom stereocenters. The number of nitrogens with zero attached hydrogens (tertiary/aromatic N) is 3. The molecule has 0 unspecified atom stereocenters. The van der Waals surface area contributed by atoms with E-state index in [9.17, 15) is 4.79 Å². The minimum absolute atomic E-state index is 0.133. The van der Waals surface area contributed by atoms with Gasteiger partial charge >= 0.3 is 0 Å². The van der Waals surface area contributed by atoms with Crippen LogP contribution in [0.25, 0.3) is 11.3 Å². The Morgan fingerprint density at radius 3 is 2.69 bits per heavy atom. The van der Waals surface area contributed by atoms with Crippen molar-refractivity contribution in [2.75, 3.05) is 5.32 Å². The van der Waals surface area contributed by atoms with E-state index in [1.165, 1.54) is 0 Å². The maximum Gasteiger partial charge on any atom is 0.243 e. The Morgan fingerprint density at radius 1 is 1.10 bits per heavy atom. The SMILES string of the molecule is O=C(Nc1cc(-c2ccncc2)[nH]n1)[C@H](Cc1ccccc1)NCc1cncs1. The average Bonchev–Trinajstić information content (AvgIpc) is 3.45. The predicted octanol–water partition coefficient (Wildman–Crippen LogP) is 3.27. The number of nitrogens with one attached hydrogen (secondary N) is 3. The number of hydrogen-bond acceptors (Lipinski definition) is 6. The normalized spacial score (nSPS) is 11.9. The Labute approximate surface area is 172 Å². The molecule has 0 saturated carbocycles. The van der Waals surface area contributed by atoms with E-state index in [1.807, 2.05) is 54.7 Å². The first-order chi connectivity index (χ1) is 14.3. The summed E-state index contributed by atoms with van der Waals surface area (Å²) in [4.78, 5) is 22.2. The second kappa shape index (κ2) is 9.22. The highest BCUT2D eigenvalue weighted by molar-refractivity contribution is 7.09. The van der Waals surface area contributed by atoms with Crippen LogP contribution in [0.3, 0.4) is 0 Å². The van der Waals surface area contributed by atoms with E-state index < -0.39 is 6.04 Å². The van der Waals surface area contributed by atoms with Gasteiger partial charge in [0.15, 0.2) is 5.82 Å². The first-order valence-electron chi connectivity index (χ1n) is 9.19. The van der Waals surface area contributed by atoms with E-state index in [-0.39, 0.29) is 5.91 Å². The van der Waals surface area contributed by atoms with Crippen LogP contribution in [0.2, 0.25) is 0 Å². The number of H-pyrrole nitrogens is 1. The first-order valence-corrected chi connectivity index (χ1v) is 10.1. The monoisotopic (exact) mass is 404 g/mol. The highest BCUT2D eigenvalue weighted by atomic mass is 32.1. The van der Waals surface area contributed by atoms with E-state index >= 15 is 0 Å². The Balaban J connectivity index is 1.46. The van der Waals surface area contributed by atoms with Crippen LogP contribution in [0.1, 0.15) is 10.4 Å². The van der Waals surface area contributed by atoms with Gasteiger partial charge in [0.05, 0.1) is 17.2 Å². The molecule has 146 valence electrons. The summed E-state index contributed by atoms with van der Waals surface area (Å²) in [5.41, 5.74) is 4.65. The molecular weight excluding hydrogens is 384 g/mol. The van der Waals surface area contributed by atoms with Crippen molar-refractivity contribution >= 4 is 23.1 Å². The third-order valence-electron chi connectivity index (χ3n) is 4.43. The van der Waals surface area contributed by atoms with Gasteiger partial charge in [-0.1, -0.05) is 30.3 Å². The van der Waals surface area contributed by atoms with Gasteiger partial charge in [0.1, 0.15) is 0 Å². The number of aromatic amines is 1. The molecule has 1 aromatic carbocycles. The van der Waals surface area contributed by atoms with Gasteiger partial charge in [0.2, 0.25) is 5.91 Å². The van der Waals surface area contributed by atoms with Crippen molar-refractivity contribution in [1.82, 2.24) is 25.5 Å². The lowest BCUT2D eigenvalue weighted by Gasteiger charge is -2.17. The third-order valence-corrected chi connectivity index (χ3v) is 5.21. The summed E-state index contributed by atoms with van der Waals surface area (Å²) < 4.78 is 0. The number of amides is 1. The Bertz CT molecular complexity index is 1030. The zero-order valence-electron chi connectivity index (χ0n) is 15.6. The number of carbonyl (C=O) groups excluding carboxylic acids is 1. The molecule has 8 heteroatoms. The van der Waals surface area contributed by atoms with Crippen LogP contribution in [0.15, 0.2) is 72.6 Å². The van der Waals surface area contributed by atoms with Crippen molar-refractivity contribution in [3.05, 3.63) is 83.1 Å². The number of hydrogen-bond donors (Lipinski definition) is 3. The maximum absolute atomic E-state index is 13.0. The molecule has 0 saturated heterocycles. The van der Waals surface area contributed by atoms with Crippen molar-refractivity contribution in [2.45, 2.75) is 19.0 Å². The van der Waals surface area contributed by atoms with Crippen molar-refractivity contribution in [1.29, 1.82) is 0 Å². The Morgan fingerprint density at radius 2 is 1.93 bits per heavy atom. The Hall–Kier alpha value is -3.36. The molecule has 0 radical (unpaired) electrons. The van der Waals surface area contributed by atoms with Crippen LogP contribution in [-0.4, -0.2) is 32.1 Å². The van der Waals surface area contributed by atoms with Crippen LogP contribution in [0.5, 0.6) is 0 Å². The second-order valence-corrected chi connectivity index (χ2v) is 7.45. The third kappa shape index (κ3) is 5.13. The first kappa shape index (κ1) is 19.0. The van der Waals surface area contributed by atoms with Crippen LogP contribution in [-0.2, 0) is 17.8 Å². The average molecular weight is 404 g/mol. The highest BCUT2D eigenvalue weighted by Gasteiger charge is 2.20. The smallest absolute Gasteiger partial charge is 0.243 e. The van der Waals surface area contributed by atoms with Crippen LogP contribution >= 0.6 is 11.3 Å². The number of thiazole rings is 1. The van der Waals surface area contributed by atoms with Crippen LogP contribution < -0.4 is 10.6 Å². The lowest BCUT2D eigenvalue weighted by atomic mass is 10.1. The molecule has 29 heavy (non-hydrogen) atoms. The maximum atomic E-state index is 13.0. The fourth-order valence-electron chi connectivity index (χ4n) is 2.94. The number of pyridine rings is 1. The van der Waals surface area contributed by atoms with Crippen molar-refractivity contribution in [2.24, 2.45) is 0 Å². The molecule has 4 aromatic rings. The molecule has 0 spiro atoms. The van der Waals surface area contributed by atoms with E-state index in [0.29, 0.717) is 18.8 Å². The number of rotatable bonds is 8. The summed E-state index contributed by atoms with van der Waals surface area (Å²) in [6.45, 7) is 0.582. The summed E-state index contributed by atoms with van der Waals surface area (Å²) in [6, 6.07) is 15.1. The number of anilines is 1. The van der Waals surface area contributed by atoms with Gasteiger partial charge in [0, 0.05) is 41.6 Å². The number of carbonyl (C=O) groups is 1. The van der Waals surface area contributed by atoms with Gasteiger partial charge in [-0.15, -0.1) is 11.3 Å². The van der Waals surface area contributed by atoms with Gasteiger partial charge in [-0.3, -0.25) is 19.9 Å². The highest BCUT2D eigenvalue weighted by Crippen LogP contribution is 2.19. The van der Waals surface area contributed by atoms with E-state index in [0.717, 1.165) is 21.7 Å². The van der Waals surface area contributed by atoms with Crippen LogP contribution in [0, 0.1) is 0 Å².